The van der Waals surface area contributed by atoms with Crippen LogP contribution in [-0.2, 0) is 16.0 Å². The molecule has 136 valence electrons. The molecule has 0 atom stereocenters. The van der Waals surface area contributed by atoms with Crippen molar-refractivity contribution in [3.05, 3.63) is 57.7 Å². The molecule has 2 amide bonds. The lowest BCUT2D eigenvalue weighted by Gasteiger charge is -2.06. The van der Waals surface area contributed by atoms with Crippen molar-refractivity contribution in [1.82, 2.24) is 5.43 Å². The summed E-state index contributed by atoms with van der Waals surface area (Å²) < 4.78 is 6.12. The number of nitrogens with zero attached hydrogens (tertiary/aromatic N) is 1. The fourth-order valence-corrected chi connectivity index (χ4v) is 2.71. The molecule has 7 heteroatoms. The van der Waals surface area contributed by atoms with Crippen LogP contribution in [-0.4, -0.2) is 24.6 Å². The number of carbonyl (C=O) groups excluding carboxylic acids is 2. The number of rotatable bonds is 7. The molecule has 0 aliphatic carbocycles. The molecule has 0 aliphatic rings. The lowest BCUT2D eigenvalue weighted by molar-refractivity contribution is -0.120. The predicted molar refractivity (Wildman–Crippen MR) is 110 cm³/mol. The summed E-state index contributed by atoms with van der Waals surface area (Å²) in [6.07, 6.45) is 0.309. The number of hydrazone groups is 1. The van der Waals surface area contributed by atoms with E-state index in [1.54, 1.807) is 26.2 Å². The maximum atomic E-state index is 12.0. The number of methoxy groups -OCH3 is 1. The smallest absolute Gasteiger partial charge is 0.244 e. The van der Waals surface area contributed by atoms with E-state index in [0.29, 0.717) is 5.71 Å². The highest BCUT2D eigenvalue weighted by Crippen LogP contribution is 2.13. The third-order valence-electron chi connectivity index (χ3n) is 3.42. The van der Waals surface area contributed by atoms with Gasteiger partial charge in [-0.25, -0.2) is 5.43 Å². The standard InChI is InChI=1S/C19H20IN3O3/c1-13(10-18(24)21-16-5-3-4-15(20)12-16)22-23-19(25)11-14-6-8-17(26-2)9-7-14/h3-9,12H,10-11H2,1-2H3,(H,21,24)(H,23,25)/b22-13-. The lowest BCUT2D eigenvalue weighted by Crippen LogP contribution is -2.22. The summed E-state index contributed by atoms with van der Waals surface area (Å²) >= 11 is 2.18. The average molecular weight is 465 g/mol. The molecule has 2 rings (SSSR count). The summed E-state index contributed by atoms with van der Waals surface area (Å²) in [5.41, 5.74) is 4.59. The molecule has 0 radical (unpaired) electrons. The number of benzene rings is 2. The Labute approximate surface area is 166 Å². The van der Waals surface area contributed by atoms with Gasteiger partial charge in [0.15, 0.2) is 0 Å². The molecule has 2 N–H and O–H groups in total. The van der Waals surface area contributed by atoms with Gasteiger partial charge in [-0.05, 0) is 65.4 Å². The van der Waals surface area contributed by atoms with E-state index in [1.807, 2.05) is 36.4 Å². The number of nitrogens with one attached hydrogen (secondary N) is 2. The summed E-state index contributed by atoms with van der Waals surface area (Å²) in [5, 5.41) is 6.79. The zero-order chi connectivity index (χ0) is 18.9. The molecule has 0 spiro atoms. The van der Waals surface area contributed by atoms with E-state index in [1.165, 1.54) is 0 Å². The van der Waals surface area contributed by atoms with Gasteiger partial charge in [-0.3, -0.25) is 9.59 Å². The molecule has 0 unspecified atom stereocenters. The van der Waals surface area contributed by atoms with Gasteiger partial charge in [0.1, 0.15) is 5.75 Å². The van der Waals surface area contributed by atoms with Crippen LogP contribution in [0.1, 0.15) is 18.9 Å². The number of ether oxygens (including phenoxy) is 1. The Morgan fingerprint density at radius 3 is 2.50 bits per heavy atom. The van der Waals surface area contributed by atoms with Crippen LogP contribution in [0.5, 0.6) is 5.75 Å². The highest BCUT2D eigenvalue weighted by Gasteiger charge is 2.07. The second kappa shape index (κ2) is 9.91. The summed E-state index contributed by atoms with van der Waals surface area (Å²) in [4.78, 5) is 23.9. The van der Waals surface area contributed by atoms with E-state index < -0.39 is 0 Å². The number of hydrogen-bond donors (Lipinski definition) is 2. The Kier molecular flexibility index (Phi) is 7.58. The summed E-state index contributed by atoms with van der Waals surface area (Å²) in [6.45, 7) is 1.70. The maximum Gasteiger partial charge on any atom is 0.244 e. The van der Waals surface area contributed by atoms with Crippen molar-refractivity contribution in [2.24, 2.45) is 5.10 Å². The third-order valence-corrected chi connectivity index (χ3v) is 4.09. The maximum absolute atomic E-state index is 12.0. The third kappa shape index (κ3) is 6.83. The first-order chi connectivity index (χ1) is 12.5. The van der Waals surface area contributed by atoms with Gasteiger partial charge in [0.25, 0.3) is 0 Å². The van der Waals surface area contributed by atoms with Gasteiger partial charge in [-0.2, -0.15) is 5.10 Å². The van der Waals surface area contributed by atoms with Gasteiger partial charge >= 0.3 is 0 Å². The van der Waals surface area contributed by atoms with Crippen molar-refractivity contribution < 1.29 is 14.3 Å². The number of amides is 2. The van der Waals surface area contributed by atoms with Gasteiger partial charge in [0, 0.05) is 15.0 Å². The SMILES string of the molecule is COc1ccc(CC(=O)N/N=C(/C)CC(=O)Nc2cccc(I)c2)cc1. The summed E-state index contributed by atoms with van der Waals surface area (Å²) in [5.74, 6) is 0.312. The van der Waals surface area contributed by atoms with Crippen LogP contribution < -0.4 is 15.5 Å². The highest BCUT2D eigenvalue weighted by atomic mass is 127. The molecule has 2 aromatic rings. The molecular weight excluding hydrogens is 445 g/mol. The fraction of sp³-hybridized carbons (Fsp3) is 0.211. The van der Waals surface area contributed by atoms with E-state index in [4.69, 9.17) is 4.74 Å². The van der Waals surface area contributed by atoms with Gasteiger partial charge in [-0.1, -0.05) is 18.2 Å². The molecule has 2 aromatic carbocycles. The Morgan fingerprint density at radius 1 is 1.12 bits per heavy atom. The van der Waals surface area contributed by atoms with Gasteiger partial charge in [0.2, 0.25) is 11.8 Å². The topological polar surface area (TPSA) is 79.8 Å². The van der Waals surface area contributed by atoms with Crippen LogP contribution in [0.4, 0.5) is 5.69 Å². The number of carbonyl (C=O) groups is 2. The van der Waals surface area contributed by atoms with Crippen LogP contribution >= 0.6 is 22.6 Å². The average Bonchev–Trinajstić information content (AvgIpc) is 2.60. The Balaban J connectivity index is 1.80. The lowest BCUT2D eigenvalue weighted by atomic mass is 10.1. The predicted octanol–water partition coefficient (Wildman–Crippen LogP) is 3.36. The normalized spacial score (nSPS) is 11.0. The Bertz CT molecular complexity index is 804. The van der Waals surface area contributed by atoms with E-state index in [-0.39, 0.29) is 24.7 Å². The first-order valence-electron chi connectivity index (χ1n) is 7.96. The van der Waals surface area contributed by atoms with E-state index in [2.05, 4.69) is 38.4 Å². The molecule has 6 nitrogen and oxygen atoms in total. The minimum absolute atomic E-state index is 0.105. The van der Waals surface area contributed by atoms with Gasteiger partial charge < -0.3 is 10.1 Å². The van der Waals surface area contributed by atoms with Crippen molar-refractivity contribution in [2.45, 2.75) is 19.8 Å². The number of halogens is 1. The molecule has 0 fully saturated rings. The van der Waals surface area contributed by atoms with Crippen molar-refractivity contribution in [3.8, 4) is 5.75 Å². The van der Waals surface area contributed by atoms with Crippen molar-refractivity contribution in [2.75, 3.05) is 12.4 Å². The van der Waals surface area contributed by atoms with Crippen LogP contribution in [0.25, 0.3) is 0 Å². The molecule has 0 aliphatic heterocycles. The molecule has 0 heterocycles. The largest absolute Gasteiger partial charge is 0.497 e. The van der Waals surface area contributed by atoms with Crippen LogP contribution in [0.2, 0.25) is 0 Å². The van der Waals surface area contributed by atoms with Crippen molar-refractivity contribution >= 4 is 45.8 Å². The fourth-order valence-electron chi connectivity index (χ4n) is 2.17. The minimum atomic E-state index is -0.243. The molecule has 0 aromatic heterocycles. The molecule has 0 saturated carbocycles. The molecular formula is C19H20IN3O3. The first-order valence-corrected chi connectivity index (χ1v) is 9.04. The molecule has 0 saturated heterocycles. The summed E-state index contributed by atoms with van der Waals surface area (Å²) in [7, 11) is 1.59. The van der Waals surface area contributed by atoms with Crippen LogP contribution in [0.15, 0.2) is 53.6 Å². The Morgan fingerprint density at radius 2 is 1.85 bits per heavy atom. The van der Waals surface area contributed by atoms with E-state index in [9.17, 15) is 9.59 Å². The van der Waals surface area contributed by atoms with Crippen LogP contribution in [0.3, 0.4) is 0 Å². The van der Waals surface area contributed by atoms with Crippen molar-refractivity contribution in [3.63, 3.8) is 0 Å². The second-order valence-electron chi connectivity index (χ2n) is 5.64. The first kappa shape index (κ1) is 19.9. The van der Waals surface area contributed by atoms with Gasteiger partial charge in [-0.15, -0.1) is 0 Å². The second-order valence-corrected chi connectivity index (χ2v) is 6.89. The number of hydrogen-bond acceptors (Lipinski definition) is 4. The van der Waals surface area contributed by atoms with E-state index in [0.717, 1.165) is 20.6 Å². The molecule has 26 heavy (non-hydrogen) atoms. The van der Waals surface area contributed by atoms with Crippen LogP contribution in [0, 0.1) is 3.57 Å². The zero-order valence-corrected chi connectivity index (χ0v) is 16.7. The van der Waals surface area contributed by atoms with Gasteiger partial charge in [0.05, 0.1) is 20.0 Å². The minimum Gasteiger partial charge on any atom is -0.497 e. The van der Waals surface area contributed by atoms with Crippen molar-refractivity contribution in [1.29, 1.82) is 0 Å². The zero-order valence-electron chi connectivity index (χ0n) is 14.6. The molecule has 0 bridgehead atoms. The highest BCUT2D eigenvalue weighted by molar-refractivity contribution is 14.1. The summed E-state index contributed by atoms with van der Waals surface area (Å²) in [6, 6.07) is 14.8. The Hall–Kier alpha value is -2.42. The number of anilines is 1. The monoisotopic (exact) mass is 465 g/mol. The quantitative estimate of drug-likeness (QED) is 0.374. The van der Waals surface area contributed by atoms with E-state index >= 15 is 0 Å².